The molecule has 0 saturated carbocycles. The molecule has 1 aliphatic rings. The molecular formula is C15H18ClN3O3. The number of hydrogen-bond donors (Lipinski definition) is 2. The van der Waals surface area contributed by atoms with Crippen molar-refractivity contribution in [1.82, 2.24) is 5.43 Å². The fourth-order valence-corrected chi connectivity index (χ4v) is 2.21. The fraction of sp³-hybridized carbons (Fsp3) is 0.400. The first-order valence-corrected chi connectivity index (χ1v) is 7.60. The highest BCUT2D eigenvalue weighted by molar-refractivity contribution is 6.17. The van der Waals surface area contributed by atoms with Crippen LogP contribution in [0.4, 0.5) is 10.5 Å². The number of nitrogens with zero attached hydrogens (tertiary/aromatic N) is 1. The van der Waals surface area contributed by atoms with Gasteiger partial charge in [0.05, 0.1) is 12.3 Å². The SMILES string of the molecule is CC1CC(=O)NN=C1c1ccc(NC(=O)OCCCCl)cc1. The molecule has 1 unspecified atom stereocenters. The number of anilines is 1. The Hall–Kier alpha value is -2.08. The zero-order chi connectivity index (χ0) is 15.9. The third kappa shape index (κ3) is 4.46. The molecule has 1 atom stereocenters. The Kier molecular flexibility index (Phi) is 5.77. The normalized spacial score (nSPS) is 17.5. The Morgan fingerprint density at radius 3 is 2.82 bits per heavy atom. The minimum Gasteiger partial charge on any atom is -0.449 e. The first-order chi connectivity index (χ1) is 10.6. The molecule has 0 fully saturated rings. The number of halogens is 1. The van der Waals surface area contributed by atoms with E-state index in [4.69, 9.17) is 16.3 Å². The quantitative estimate of drug-likeness (QED) is 0.646. The van der Waals surface area contributed by atoms with Gasteiger partial charge in [-0.3, -0.25) is 10.1 Å². The molecule has 2 rings (SSSR count). The zero-order valence-electron chi connectivity index (χ0n) is 12.3. The molecule has 1 heterocycles. The van der Waals surface area contributed by atoms with Crippen molar-refractivity contribution in [3.8, 4) is 0 Å². The predicted molar refractivity (Wildman–Crippen MR) is 85.2 cm³/mol. The van der Waals surface area contributed by atoms with Gasteiger partial charge in [-0.2, -0.15) is 5.10 Å². The van der Waals surface area contributed by atoms with Crippen molar-refractivity contribution in [2.24, 2.45) is 11.0 Å². The number of alkyl halides is 1. The number of ether oxygens (including phenoxy) is 1. The fourth-order valence-electron chi connectivity index (χ4n) is 2.10. The van der Waals surface area contributed by atoms with Gasteiger partial charge in [0.1, 0.15) is 0 Å². The number of carbonyl (C=O) groups is 2. The minimum atomic E-state index is -0.506. The first-order valence-electron chi connectivity index (χ1n) is 7.06. The molecule has 22 heavy (non-hydrogen) atoms. The summed E-state index contributed by atoms with van der Waals surface area (Å²) in [5.41, 5.74) is 4.86. The zero-order valence-corrected chi connectivity index (χ0v) is 13.0. The number of hydrogen-bond acceptors (Lipinski definition) is 4. The van der Waals surface area contributed by atoms with E-state index in [0.717, 1.165) is 11.3 Å². The molecule has 1 aromatic carbocycles. The Balaban J connectivity index is 1.96. The monoisotopic (exact) mass is 323 g/mol. The van der Waals surface area contributed by atoms with Gasteiger partial charge in [0.15, 0.2) is 0 Å². The van der Waals surface area contributed by atoms with Gasteiger partial charge >= 0.3 is 6.09 Å². The molecule has 0 aliphatic carbocycles. The molecule has 0 aromatic heterocycles. The van der Waals surface area contributed by atoms with E-state index in [1.165, 1.54) is 0 Å². The molecule has 118 valence electrons. The summed E-state index contributed by atoms with van der Waals surface area (Å²) in [7, 11) is 0. The highest BCUT2D eigenvalue weighted by Crippen LogP contribution is 2.18. The number of amides is 2. The van der Waals surface area contributed by atoms with Crippen LogP contribution in [-0.2, 0) is 9.53 Å². The predicted octanol–water partition coefficient (Wildman–Crippen LogP) is 2.72. The Labute approximate surface area is 133 Å². The minimum absolute atomic E-state index is 0.0630. The molecule has 1 aliphatic heterocycles. The van der Waals surface area contributed by atoms with E-state index in [9.17, 15) is 9.59 Å². The summed E-state index contributed by atoms with van der Waals surface area (Å²) in [6.07, 6.45) is 0.539. The number of benzene rings is 1. The van der Waals surface area contributed by atoms with Crippen LogP contribution in [0.3, 0.4) is 0 Å². The average Bonchev–Trinajstić information content (AvgIpc) is 2.49. The van der Waals surface area contributed by atoms with Gasteiger partial charge in [-0.05, 0) is 24.1 Å². The summed E-state index contributed by atoms with van der Waals surface area (Å²) in [4.78, 5) is 22.8. The molecule has 2 N–H and O–H groups in total. The first kappa shape index (κ1) is 16.3. The van der Waals surface area contributed by atoms with E-state index in [0.29, 0.717) is 31.0 Å². The molecule has 0 saturated heterocycles. The van der Waals surface area contributed by atoms with E-state index in [-0.39, 0.29) is 11.8 Å². The maximum atomic E-state index is 11.5. The Morgan fingerprint density at radius 2 is 2.18 bits per heavy atom. The Bertz CT molecular complexity index is 572. The second-order valence-electron chi connectivity index (χ2n) is 5.02. The van der Waals surface area contributed by atoms with Crippen molar-refractivity contribution < 1.29 is 14.3 Å². The molecule has 7 heteroatoms. The van der Waals surface area contributed by atoms with E-state index in [1.807, 2.05) is 19.1 Å². The molecule has 6 nitrogen and oxygen atoms in total. The number of hydrazone groups is 1. The highest BCUT2D eigenvalue weighted by atomic mass is 35.5. The van der Waals surface area contributed by atoms with Crippen LogP contribution in [0.5, 0.6) is 0 Å². The molecular weight excluding hydrogens is 306 g/mol. The van der Waals surface area contributed by atoms with Crippen molar-refractivity contribution in [3.05, 3.63) is 29.8 Å². The van der Waals surface area contributed by atoms with Crippen LogP contribution in [-0.4, -0.2) is 30.2 Å². The molecule has 2 amide bonds. The molecule has 1 aromatic rings. The van der Waals surface area contributed by atoms with E-state index in [1.54, 1.807) is 12.1 Å². The van der Waals surface area contributed by atoms with E-state index in [2.05, 4.69) is 15.8 Å². The lowest BCUT2D eigenvalue weighted by atomic mass is 9.94. The van der Waals surface area contributed by atoms with E-state index >= 15 is 0 Å². The van der Waals surface area contributed by atoms with Crippen LogP contribution < -0.4 is 10.7 Å². The van der Waals surface area contributed by atoms with Crippen molar-refractivity contribution in [2.45, 2.75) is 19.8 Å². The average molecular weight is 324 g/mol. The van der Waals surface area contributed by atoms with Gasteiger partial charge in [0.25, 0.3) is 0 Å². The lowest BCUT2D eigenvalue weighted by Crippen LogP contribution is -2.31. The smallest absolute Gasteiger partial charge is 0.411 e. The third-order valence-electron chi connectivity index (χ3n) is 3.20. The second kappa shape index (κ2) is 7.79. The summed E-state index contributed by atoms with van der Waals surface area (Å²) in [5, 5.41) is 6.73. The van der Waals surface area contributed by atoms with Crippen LogP contribution in [0, 0.1) is 5.92 Å². The summed E-state index contributed by atoms with van der Waals surface area (Å²) in [6, 6.07) is 7.23. The molecule has 0 radical (unpaired) electrons. The van der Waals surface area contributed by atoms with Crippen LogP contribution in [0.1, 0.15) is 25.3 Å². The van der Waals surface area contributed by atoms with Crippen molar-refractivity contribution in [3.63, 3.8) is 0 Å². The van der Waals surface area contributed by atoms with Gasteiger partial charge < -0.3 is 4.74 Å². The standard InChI is InChI=1S/C15H18ClN3O3/c1-10-9-13(20)18-19-14(10)11-3-5-12(6-4-11)17-15(21)22-8-2-7-16/h3-6,10H,2,7-9H2,1H3,(H,17,21)(H,18,20). The maximum Gasteiger partial charge on any atom is 0.411 e. The van der Waals surface area contributed by atoms with Crippen LogP contribution >= 0.6 is 11.6 Å². The van der Waals surface area contributed by atoms with Crippen LogP contribution in [0.25, 0.3) is 0 Å². The maximum absolute atomic E-state index is 11.5. The van der Waals surface area contributed by atoms with Crippen LogP contribution in [0.15, 0.2) is 29.4 Å². The third-order valence-corrected chi connectivity index (χ3v) is 3.46. The lowest BCUT2D eigenvalue weighted by Gasteiger charge is -2.19. The summed E-state index contributed by atoms with van der Waals surface area (Å²) in [5.74, 6) is 0.445. The highest BCUT2D eigenvalue weighted by Gasteiger charge is 2.21. The molecule has 0 bridgehead atoms. The van der Waals surface area contributed by atoms with Gasteiger partial charge in [0.2, 0.25) is 5.91 Å². The van der Waals surface area contributed by atoms with Gasteiger partial charge in [-0.1, -0.05) is 19.1 Å². The summed E-state index contributed by atoms with van der Waals surface area (Å²) < 4.78 is 4.96. The van der Waals surface area contributed by atoms with Crippen molar-refractivity contribution in [2.75, 3.05) is 17.8 Å². The van der Waals surface area contributed by atoms with E-state index < -0.39 is 6.09 Å². The Morgan fingerprint density at radius 1 is 1.45 bits per heavy atom. The topological polar surface area (TPSA) is 79.8 Å². The second-order valence-corrected chi connectivity index (χ2v) is 5.40. The number of nitrogens with one attached hydrogen (secondary N) is 2. The lowest BCUT2D eigenvalue weighted by molar-refractivity contribution is -0.121. The van der Waals surface area contributed by atoms with Gasteiger partial charge in [0, 0.05) is 23.9 Å². The largest absolute Gasteiger partial charge is 0.449 e. The van der Waals surface area contributed by atoms with Crippen molar-refractivity contribution in [1.29, 1.82) is 0 Å². The van der Waals surface area contributed by atoms with Gasteiger partial charge in [-0.15, -0.1) is 11.6 Å². The summed E-state index contributed by atoms with van der Waals surface area (Å²) >= 11 is 5.51. The number of carbonyl (C=O) groups excluding carboxylic acids is 2. The van der Waals surface area contributed by atoms with Crippen LogP contribution in [0.2, 0.25) is 0 Å². The van der Waals surface area contributed by atoms with Gasteiger partial charge in [-0.25, -0.2) is 10.2 Å². The number of rotatable bonds is 5. The molecule has 0 spiro atoms. The van der Waals surface area contributed by atoms with Crippen molar-refractivity contribution >= 4 is 35.0 Å². The summed E-state index contributed by atoms with van der Waals surface area (Å²) in [6.45, 7) is 2.25.